The van der Waals surface area contributed by atoms with Gasteiger partial charge >= 0.3 is 0 Å². The van der Waals surface area contributed by atoms with Gasteiger partial charge in [-0.3, -0.25) is 0 Å². The third kappa shape index (κ3) is 5.18. The molecule has 3 aromatic heterocycles. The molecule has 0 radical (unpaired) electrons. The van der Waals surface area contributed by atoms with E-state index >= 15 is 0 Å². The van der Waals surface area contributed by atoms with Gasteiger partial charge in [0.15, 0.2) is 17.5 Å². The Hall–Kier alpha value is -8.41. The summed E-state index contributed by atoms with van der Waals surface area (Å²) < 4.78 is 5.02. The maximum atomic E-state index is 5.11. The highest BCUT2D eigenvalue weighted by Gasteiger charge is 2.24. The van der Waals surface area contributed by atoms with Gasteiger partial charge < -0.3 is 9.13 Å². The summed E-state index contributed by atoms with van der Waals surface area (Å²) in [6.07, 6.45) is 0. The number of para-hydroxylation sites is 2. The minimum atomic E-state index is 0.628. The monoisotopic (exact) mass is 789 g/mol. The van der Waals surface area contributed by atoms with Crippen molar-refractivity contribution in [2.75, 3.05) is 0 Å². The molecule has 62 heavy (non-hydrogen) atoms. The summed E-state index contributed by atoms with van der Waals surface area (Å²) in [5, 5.41) is 12.0. The zero-order valence-electron chi connectivity index (χ0n) is 33.4. The van der Waals surface area contributed by atoms with E-state index in [9.17, 15) is 0 Å². The van der Waals surface area contributed by atoms with Crippen molar-refractivity contribution in [3.63, 3.8) is 0 Å². The van der Waals surface area contributed by atoms with Gasteiger partial charge in [-0.2, -0.15) is 0 Å². The van der Waals surface area contributed by atoms with Crippen molar-refractivity contribution in [1.29, 1.82) is 0 Å². The Balaban J connectivity index is 1.12. The molecule has 0 aliphatic heterocycles. The van der Waals surface area contributed by atoms with E-state index in [4.69, 9.17) is 15.0 Å². The Kier molecular flexibility index (Phi) is 7.54. The number of hydrogen-bond donors (Lipinski definition) is 0. The van der Waals surface area contributed by atoms with Crippen molar-refractivity contribution in [2.45, 2.75) is 0 Å². The molecule has 13 aromatic rings. The van der Waals surface area contributed by atoms with Crippen LogP contribution in [0.2, 0.25) is 0 Å². The second-order valence-electron chi connectivity index (χ2n) is 16.0. The highest BCUT2D eigenvalue weighted by atomic mass is 15.0. The molecule has 288 valence electrons. The average molecular weight is 790 g/mol. The van der Waals surface area contributed by atoms with Gasteiger partial charge in [-0.1, -0.05) is 182 Å². The Morgan fingerprint density at radius 3 is 1.55 bits per heavy atom. The van der Waals surface area contributed by atoms with Gasteiger partial charge in [-0.15, -0.1) is 0 Å². The minimum absolute atomic E-state index is 0.628. The predicted octanol–water partition coefficient (Wildman–Crippen LogP) is 14.5. The summed E-state index contributed by atoms with van der Waals surface area (Å²) in [6.45, 7) is 0. The van der Waals surface area contributed by atoms with Crippen molar-refractivity contribution in [3.05, 3.63) is 212 Å². The highest BCUT2D eigenvalue weighted by molar-refractivity contribution is 6.25. The lowest BCUT2D eigenvalue weighted by molar-refractivity contribution is 1.07. The second-order valence-corrected chi connectivity index (χ2v) is 16.0. The second kappa shape index (κ2) is 13.6. The van der Waals surface area contributed by atoms with Crippen molar-refractivity contribution < 1.29 is 0 Å². The SMILES string of the molecule is c1ccc(-c2nc(-c3ccccc3)nc(-c3ccc4cccc(-n5c6ccccc6c6c(-n7c8ccccc8c8ccc9ccccc9c87)c7ccccc7cc65)c4c3)n2)cc1. The molecule has 0 fully saturated rings. The fourth-order valence-corrected chi connectivity index (χ4v) is 9.75. The van der Waals surface area contributed by atoms with Gasteiger partial charge in [0, 0.05) is 54.4 Å². The van der Waals surface area contributed by atoms with Crippen LogP contribution in [0.15, 0.2) is 212 Å². The van der Waals surface area contributed by atoms with Crippen LogP contribution in [0.1, 0.15) is 0 Å². The average Bonchev–Trinajstić information content (AvgIpc) is 3.86. The first kappa shape index (κ1) is 34.5. The third-order valence-electron chi connectivity index (χ3n) is 12.5. The van der Waals surface area contributed by atoms with Gasteiger partial charge in [0.25, 0.3) is 0 Å². The van der Waals surface area contributed by atoms with Crippen LogP contribution in [0.4, 0.5) is 0 Å². The first-order valence-corrected chi connectivity index (χ1v) is 21.0. The molecule has 5 nitrogen and oxygen atoms in total. The molecule has 0 unspecified atom stereocenters. The largest absolute Gasteiger partial charge is 0.309 e. The fraction of sp³-hybridized carbons (Fsp3) is 0. The summed E-state index contributed by atoms with van der Waals surface area (Å²) in [4.78, 5) is 15.2. The minimum Gasteiger partial charge on any atom is -0.309 e. The lowest BCUT2D eigenvalue weighted by Gasteiger charge is -2.17. The van der Waals surface area contributed by atoms with Crippen LogP contribution >= 0.6 is 0 Å². The van der Waals surface area contributed by atoms with Crippen molar-refractivity contribution in [3.8, 4) is 45.5 Å². The molecular formula is C57H35N5. The summed E-state index contributed by atoms with van der Waals surface area (Å²) in [5.74, 6) is 1.91. The molecule has 0 saturated heterocycles. The Morgan fingerprint density at radius 1 is 0.290 bits per heavy atom. The van der Waals surface area contributed by atoms with Crippen LogP contribution in [-0.2, 0) is 0 Å². The quantitative estimate of drug-likeness (QED) is 0.174. The molecule has 0 bridgehead atoms. The van der Waals surface area contributed by atoms with Crippen molar-refractivity contribution in [2.24, 2.45) is 0 Å². The number of rotatable bonds is 5. The topological polar surface area (TPSA) is 48.5 Å². The summed E-state index contributed by atoms with van der Waals surface area (Å²) in [6, 6.07) is 75.8. The maximum absolute atomic E-state index is 5.11. The van der Waals surface area contributed by atoms with Crippen molar-refractivity contribution >= 4 is 75.9 Å². The van der Waals surface area contributed by atoms with Crippen LogP contribution < -0.4 is 0 Å². The van der Waals surface area contributed by atoms with E-state index in [1.807, 2.05) is 36.4 Å². The van der Waals surface area contributed by atoms with Crippen LogP contribution in [0.5, 0.6) is 0 Å². The number of aromatic nitrogens is 5. The number of nitrogens with zero attached hydrogens (tertiary/aromatic N) is 5. The molecule has 0 aliphatic carbocycles. The lowest BCUT2D eigenvalue weighted by Crippen LogP contribution is -2.01. The number of benzene rings is 10. The van der Waals surface area contributed by atoms with Gasteiger partial charge in [0.2, 0.25) is 0 Å². The Labute approximate surface area is 356 Å². The van der Waals surface area contributed by atoms with Gasteiger partial charge in [-0.05, 0) is 46.5 Å². The van der Waals surface area contributed by atoms with E-state index in [0.717, 1.165) is 44.2 Å². The van der Waals surface area contributed by atoms with E-state index in [1.54, 1.807) is 0 Å². The molecule has 0 aliphatic rings. The van der Waals surface area contributed by atoms with E-state index < -0.39 is 0 Å². The molecule has 0 saturated carbocycles. The molecular weight excluding hydrogens is 755 g/mol. The van der Waals surface area contributed by atoms with Gasteiger partial charge in [0.1, 0.15) is 0 Å². The van der Waals surface area contributed by atoms with Crippen LogP contribution in [0, 0.1) is 0 Å². The highest BCUT2D eigenvalue weighted by Crippen LogP contribution is 2.45. The van der Waals surface area contributed by atoms with Gasteiger partial charge in [0.05, 0.1) is 33.4 Å². The third-order valence-corrected chi connectivity index (χ3v) is 12.5. The van der Waals surface area contributed by atoms with Gasteiger partial charge in [-0.25, -0.2) is 15.0 Å². The molecule has 0 amide bonds. The molecule has 0 N–H and O–H groups in total. The van der Waals surface area contributed by atoms with Crippen LogP contribution in [0.3, 0.4) is 0 Å². The summed E-state index contributed by atoms with van der Waals surface area (Å²) >= 11 is 0. The zero-order valence-corrected chi connectivity index (χ0v) is 33.4. The smallest absolute Gasteiger partial charge is 0.164 e. The van der Waals surface area contributed by atoms with E-state index in [1.165, 1.54) is 59.8 Å². The van der Waals surface area contributed by atoms with Crippen LogP contribution in [0.25, 0.3) is 121 Å². The lowest BCUT2D eigenvalue weighted by atomic mass is 10.0. The van der Waals surface area contributed by atoms with E-state index in [0.29, 0.717) is 17.5 Å². The molecule has 5 heteroatoms. The summed E-state index contributed by atoms with van der Waals surface area (Å²) in [5.41, 5.74) is 9.77. The predicted molar refractivity (Wildman–Crippen MR) is 257 cm³/mol. The van der Waals surface area contributed by atoms with Crippen molar-refractivity contribution in [1.82, 2.24) is 24.1 Å². The molecule has 0 spiro atoms. The molecule has 10 aromatic carbocycles. The molecule has 3 heterocycles. The molecule has 0 atom stereocenters. The number of hydrogen-bond acceptors (Lipinski definition) is 3. The zero-order chi connectivity index (χ0) is 40.7. The van der Waals surface area contributed by atoms with E-state index in [2.05, 4.69) is 185 Å². The van der Waals surface area contributed by atoms with E-state index in [-0.39, 0.29) is 0 Å². The molecule has 13 rings (SSSR count). The number of fused-ring (bicyclic) bond motifs is 10. The summed E-state index contributed by atoms with van der Waals surface area (Å²) in [7, 11) is 0. The first-order chi connectivity index (χ1) is 30.8. The maximum Gasteiger partial charge on any atom is 0.164 e. The fourth-order valence-electron chi connectivity index (χ4n) is 9.75. The van der Waals surface area contributed by atoms with Crippen LogP contribution in [-0.4, -0.2) is 24.1 Å². The normalized spacial score (nSPS) is 11.9. The first-order valence-electron chi connectivity index (χ1n) is 21.0. The standard InChI is InChI=1S/C57H35N5/c1-3-17-38(18-4-1)55-58-56(39-19-5-2-6-20-39)60-57(59-55)41-31-30-37-22-15-29-50(47(37)34-41)61-49-28-14-12-26-46(49)52-51(61)35-40-21-8-10-24-43(40)54(52)62-48-27-13-11-25-44(48)45-33-32-36-16-7-9-23-42(36)53(45)62/h1-35H. The Morgan fingerprint density at radius 2 is 0.823 bits per heavy atom. The Bertz CT molecular complexity index is 3860.